The third-order valence-electron chi connectivity index (χ3n) is 1.67. The molecular formula is C7H14N2. The summed E-state index contributed by atoms with van der Waals surface area (Å²) in [6, 6.07) is 0. The molecule has 0 spiro atoms. The lowest BCUT2D eigenvalue weighted by molar-refractivity contribution is 0.321. The van der Waals surface area contributed by atoms with Crippen molar-refractivity contribution in [3.63, 3.8) is 0 Å². The van der Waals surface area contributed by atoms with E-state index in [-0.39, 0.29) is 0 Å². The van der Waals surface area contributed by atoms with Gasteiger partial charge in [0, 0.05) is 18.9 Å². The van der Waals surface area contributed by atoms with Crippen molar-refractivity contribution in [2.75, 3.05) is 7.05 Å². The second-order valence-electron chi connectivity index (χ2n) is 2.55. The highest BCUT2D eigenvalue weighted by atomic mass is 15.3. The summed E-state index contributed by atoms with van der Waals surface area (Å²) in [7, 11) is 2.09. The molecule has 0 aromatic carbocycles. The number of rotatable bonds is 1. The Bertz CT molecular complexity index is 129. The molecule has 2 heteroatoms. The summed E-state index contributed by atoms with van der Waals surface area (Å²) in [5, 5.41) is 3.34. The molecule has 1 atom stereocenters. The highest BCUT2D eigenvalue weighted by molar-refractivity contribution is 5.03. The van der Waals surface area contributed by atoms with Crippen molar-refractivity contribution in [2.24, 2.45) is 0 Å². The lowest BCUT2D eigenvalue weighted by atomic mass is 10.4. The minimum atomic E-state index is 0.532. The molecule has 1 unspecified atom stereocenters. The smallest absolute Gasteiger partial charge is 0.0977 e. The van der Waals surface area contributed by atoms with Gasteiger partial charge in [0.2, 0.25) is 0 Å². The Kier molecular flexibility index (Phi) is 1.65. The molecule has 1 heterocycles. The van der Waals surface area contributed by atoms with Gasteiger partial charge in [0.25, 0.3) is 0 Å². The lowest BCUT2D eigenvalue weighted by Crippen LogP contribution is -2.32. The summed E-state index contributed by atoms with van der Waals surface area (Å²) in [6.07, 6.45) is 3.82. The third-order valence-corrected chi connectivity index (χ3v) is 1.67. The van der Waals surface area contributed by atoms with Crippen molar-refractivity contribution >= 4 is 0 Å². The van der Waals surface area contributed by atoms with Crippen LogP contribution in [0.25, 0.3) is 0 Å². The monoisotopic (exact) mass is 126 g/mol. The molecule has 1 aliphatic rings. The van der Waals surface area contributed by atoms with Gasteiger partial charge in [0.1, 0.15) is 0 Å². The maximum Gasteiger partial charge on any atom is 0.0977 e. The molecule has 1 rings (SSSR count). The molecule has 0 fully saturated rings. The van der Waals surface area contributed by atoms with Crippen LogP contribution < -0.4 is 5.32 Å². The zero-order valence-electron chi connectivity index (χ0n) is 6.31. The molecule has 0 saturated carbocycles. The van der Waals surface area contributed by atoms with Gasteiger partial charge in [-0.25, -0.2) is 0 Å². The van der Waals surface area contributed by atoms with Crippen LogP contribution in [0.5, 0.6) is 0 Å². The van der Waals surface area contributed by atoms with E-state index >= 15 is 0 Å². The summed E-state index contributed by atoms with van der Waals surface area (Å²) in [6.45, 7) is 4.27. The first-order valence-electron chi connectivity index (χ1n) is 3.41. The zero-order chi connectivity index (χ0) is 6.85. The first-order valence-corrected chi connectivity index (χ1v) is 3.41. The van der Waals surface area contributed by atoms with Gasteiger partial charge in [0.05, 0.1) is 6.17 Å². The first-order chi connectivity index (χ1) is 4.24. The third kappa shape index (κ3) is 1.18. The largest absolute Gasteiger partial charge is 0.368 e. The van der Waals surface area contributed by atoms with Crippen molar-refractivity contribution in [1.29, 1.82) is 0 Å². The topological polar surface area (TPSA) is 15.3 Å². The van der Waals surface area contributed by atoms with E-state index in [4.69, 9.17) is 0 Å². The molecule has 0 amide bonds. The van der Waals surface area contributed by atoms with E-state index in [1.807, 2.05) is 0 Å². The molecule has 0 aliphatic carbocycles. The van der Waals surface area contributed by atoms with Crippen LogP contribution in [0.4, 0.5) is 0 Å². The quantitative estimate of drug-likeness (QED) is 0.566. The van der Waals surface area contributed by atoms with Crippen LogP contribution in [0.15, 0.2) is 11.9 Å². The van der Waals surface area contributed by atoms with Crippen molar-refractivity contribution in [3.05, 3.63) is 11.9 Å². The van der Waals surface area contributed by atoms with Crippen LogP contribution in [-0.2, 0) is 0 Å². The molecule has 2 nitrogen and oxygen atoms in total. The van der Waals surface area contributed by atoms with Crippen molar-refractivity contribution in [3.8, 4) is 0 Å². The maximum atomic E-state index is 3.34. The van der Waals surface area contributed by atoms with Crippen molar-refractivity contribution in [1.82, 2.24) is 10.2 Å². The summed E-state index contributed by atoms with van der Waals surface area (Å²) in [5.41, 5.74) is 1.27. The predicted octanol–water partition coefficient (Wildman–Crippen LogP) is 1.12. The second kappa shape index (κ2) is 2.29. The fraction of sp³-hybridized carbons (Fsp3) is 0.714. The fourth-order valence-electron chi connectivity index (χ4n) is 1.19. The fourth-order valence-corrected chi connectivity index (χ4v) is 1.19. The van der Waals surface area contributed by atoms with Gasteiger partial charge in [-0.2, -0.15) is 0 Å². The summed E-state index contributed by atoms with van der Waals surface area (Å²) >= 11 is 0. The molecule has 0 radical (unpaired) electrons. The van der Waals surface area contributed by atoms with E-state index in [1.165, 1.54) is 5.70 Å². The summed E-state index contributed by atoms with van der Waals surface area (Å²) in [4.78, 5) is 2.20. The van der Waals surface area contributed by atoms with Crippen LogP contribution in [0.1, 0.15) is 20.3 Å². The molecule has 0 aromatic rings. The normalized spacial score (nSPS) is 25.9. The number of hydrogen-bond donors (Lipinski definition) is 1. The van der Waals surface area contributed by atoms with Gasteiger partial charge in [-0.15, -0.1) is 0 Å². The Balaban J connectivity index is 2.49. The van der Waals surface area contributed by atoms with E-state index in [9.17, 15) is 0 Å². The van der Waals surface area contributed by atoms with Crippen LogP contribution in [0.3, 0.4) is 0 Å². The molecular weight excluding hydrogens is 112 g/mol. The van der Waals surface area contributed by atoms with Gasteiger partial charge in [-0.1, -0.05) is 6.92 Å². The number of nitrogens with one attached hydrogen (secondary N) is 1. The number of allylic oxidation sites excluding steroid dienone is 1. The minimum absolute atomic E-state index is 0.532. The Morgan fingerprint density at radius 1 is 1.78 bits per heavy atom. The maximum absolute atomic E-state index is 3.34. The Labute approximate surface area is 56.5 Å². The van der Waals surface area contributed by atoms with Crippen molar-refractivity contribution in [2.45, 2.75) is 26.4 Å². The highest BCUT2D eigenvalue weighted by Crippen LogP contribution is 2.09. The number of nitrogens with zero attached hydrogens (tertiary/aromatic N) is 1. The molecule has 52 valence electrons. The van der Waals surface area contributed by atoms with Gasteiger partial charge in [-0.05, 0) is 13.3 Å². The molecule has 1 aliphatic heterocycles. The molecule has 0 saturated heterocycles. The summed E-state index contributed by atoms with van der Waals surface area (Å²) < 4.78 is 0. The van der Waals surface area contributed by atoms with Crippen LogP contribution in [0.2, 0.25) is 0 Å². The van der Waals surface area contributed by atoms with Crippen molar-refractivity contribution < 1.29 is 0 Å². The van der Waals surface area contributed by atoms with Crippen LogP contribution in [-0.4, -0.2) is 18.1 Å². The van der Waals surface area contributed by atoms with E-state index in [0.29, 0.717) is 6.17 Å². The molecule has 0 bridgehead atoms. The Morgan fingerprint density at radius 2 is 2.44 bits per heavy atom. The van der Waals surface area contributed by atoms with Gasteiger partial charge in [0.15, 0.2) is 0 Å². The zero-order valence-corrected chi connectivity index (χ0v) is 6.31. The average molecular weight is 126 g/mol. The SMILES string of the molecule is CCC1NC(C)=CN1C. The molecule has 1 N–H and O–H groups in total. The Morgan fingerprint density at radius 3 is 2.67 bits per heavy atom. The molecule has 9 heavy (non-hydrogen) atoms. The van der Waals surface area contributed by atoms with E-state index < -0.39 is 0 Å². The van der Waals surface area contributed by atoms with Gasteiger partial charge in [-0.3, -0.25) is 0 Å². The van der Waals surface area contributed by atoms with Crippen LogP contribution >= 0.6 is 0 Å². The van der Waals surface area contributed by atoms with E-state index in [2.05, 4.69) is 37.3 Å². The lowest BCUT2D eigenvalue weighted by Gasteiger charge is -2.18. The van der Waals surface area contributed by atoms with E-state index in [1.54, 1.807) is 0 Å². The minimum Gasteiger partial charge on any atom is -0.368 e. The van der Waals surface area contributed by atoms with Gasteiger partial charge < -0.3 is 10.2 Å². The first kappa shape index (κ1) is 6.46. The Hall–Kier alpha value is -0.660. The highest BCUT2D eigenvalue weighted by Gasteiger charge is 2.14. The number of hydrogen-bond acceptors (Lipinski definition) is 2. The standard InChI is InChI=1S/C7H14N2/c1-4-7-8-6(2)5-9(7)3/h5,7-8H,4H2,1-3H3. The van der Waals surface area contributed by atoms with E-state index in [0.717, 1.165) is 6.42 Å². The average Bonchev–Trinajstić information content (AvgIpc) is 2.10. The summed E-state index contributed by atoms with van der Waals surface area (Å²) in [5.74, 6) is 0. The van der Waals surface area contributed by atoms with Gasteiger partial charge >= 0.3 is 0 Å². The molecule has 0 aromatic heterocycles. The van der Waals surface area contributed by atoms with Crippen LogP contribution in [0, 0.1) is 0 Å². The second-order valence-corrected chi connectivity index (χ2v) is 2.55. The predicted molar refractivity (Wildman–Crippen MR) is 38.7 cm³/mol.